The van der Waals surface area contributed by atoms with Gasteiger partial charge < -0.3 is 0 Å². The van der Waals surface area contributed by atoms with Crippen molar-refractivity contribution in [3.05, 3.63) is 33.3 Å². The van der Waals surface area contributed by atoms with Crippen LogP contribution < -0.4 is 0 Å². The molecule has 0 bridgehead atoms. The molecule has 1 aliphatic carbocycles. The van der Waals surface area contributed by atoms with Crippen LogP contribution in [0.1, 0.15) is 27.9 Å². The van der Waals surface area contributed by atoms with E-state index in [-0.39, 0.29) is 29.8 Å². The van der Waals surface area contributed by atoms with E-state index in [0.29, 0.717) is 4.47 Å². The molecule has 1 aromatic carbocycles. The van der Waals surface area contributed by atoms with Crippen LogP contribution in [0.25, 0.3) is 0 Å². The molecule has 0 aromatic heterocycles. The van der Waals surface area contributed by atoms with Gasteiger partial charge in [0.1, 0.15) is 0 Å². The monoisotopic (exact) mass is 278 g/mol. The molecular formula is C10H6BrF3O. The van der Waals surface area contributed by atoms with Gasteiger partial charge in [0.2, 0.25) is 0 Å². The average Bonchev–Trinajstić information content (AvgIpc) is 2.45. The number of halogens is 4. The lowest BCUT2D eigenvalue weighted by atomic mass is 10.0. The minimum Gasteiger partial charge on any atom is -0.294 e. The van der Waals surface area contributed by atoms with E-state index < -0.39 is 11.7 Å². The van der Waals surface area contributed by atoms with Gasteiger partial charge >= 0.3 is 6.18 Å². The van der Waals surface area contributed by atoms with E-state index in [1.165, 1.54) is 6.07 Å². The SMILES string of the molecule is O=C1CCc2c1cc(Br)cc2C(F)(F)F. The van der Waals surface area contributed by atoms with E-state index in [9.17, 15) is 18.0 Å². The second kappa shape index (κ2) is 3.33. The summed E-state index contributed by atoms with van der Waals surface area (Å²) >= 11 is 2.98. The lowest BCUT2D eigenvalue weighted by Gasteiger charge is -2.11. The molecule has 0 saturated carbocycles. The molecular weight excluding hydrogens is 273 g/mol. The Kier molecular flexibility index (Phi) is 2.37. The number of carbonyl (C=O) groups is 1. The van der Waals surface area contributed by atoms with E-state index in [2.05, 4.69) is 15.9 Å². The molecule has 80 valence electrons. The zero-order valence-electron chi connectivity index (χ0n) is 7.49. The summed E-state index contributed by atoms with van der Waals surface area (Å²) in [5, 5.41) is 0. The molecule has 5 heteroatoms. The first-order chi connectivity index (χ1) is 6.89. The lowest BCUT2D eigenvalue weighted by molar-refractivity contribution is -0.138. The number of ketones is 1. The van der Waals surface area contributed by atoms with Crippen LogP contribution in [0.15, 0.2) is 16.6 Å². The van der Waals surface area contributed by atoms with Crippen molar-refractivity contribution >= 4 is 21.7 Å². The van der Waals surface area contributed by atoms with E-state index >= 15 is 0 Å². The van der Waals surface area contributed by atoms with Crippen LogP contribution in [0, 0.1) is 0 Å². The van der Waals surface area contributed by atoms with Crippen molar-refractivity contribution < 1.29 is 18.0 Å². The molecule has 0 heterocycles. The summed E-state index contributed by atoms with van der Waals surface area (Å²) in [7, 11) is 0. The van der Waals surface area contributed by atoms with Crippen LogP contribution in [0.4, 0.5) is 13.2 Å². The fraction of sp³-hybridized carbons (Fsp3) is 0.300. The molecule has 0 amide bonds. The Morgan fingerprint density at radius 2 is 1.87 bits per heavy atom. The summed E-state index contributed by atoms with van der Waals surface area (Å²) in [6.45, 7) is 0. The fourth-order valence-electron chi connectivity index (χ4n) is 1.78. The molecule has 1 aromatic rings. The number of benzene rings is 1. The van der Waals surface area contributed by atoms with Crippen molar-refractivity contribution in [3.8, 4) is 0 Å². The minimum absolute atomic E-state index is 0.135. The number of hydrogen-bond donors (Lipinski definition) is 0. The second-order valence-corrected chi connectivity index (χ2v) is 4.32. The smallest absolute Gasteiger partial charge is 0.294 e. The molecule has 15 heavy (non-hydrogen) atoms. The fourth-order valence-corrected chi connectivity index (χ4v) is 2.24. The average molecular weight is 279 g/mol. The second-order valence-electron chi connectivity index (χ2n) is 3.40. The number of fused-ring (bicyclic) bond motifs is 1. The van der Waals surface area contributed by atoms with Crippen LogP contribution in [0.2, 0.25) is 0 Å². The summed E-state index contributed by atoms with van der Waals surface area (Å²) < 4.78 is 38.1. The van der Waals surface area contributed by atoms with Gasteiger partial charge in [-0.15, -0.1) is 0 Å². The molecule has 0 atom stereocenters. The first-order valence-corrected chi connectivity index (χ1v) is 5.11. The number of carbonyl (C=O) groups excluding carboxylic acids is 1. The highest BCUT2D eigenvalue weighted by Crippen LogP contribution is 2.38. The maximum absolute atomic E-state index is 12.6. The van der Waals surface area contributed by atoms with Crippen LogP contribution in [0.3, 0.4) is 0 Å². The summed E-state index contributed by atoms with van der Waals surface area (Å²) in [5.41, 5.74) is -0.356. The zero-order valence-corrected chi connectivity index (χ0v) is 9.08. The van der Waals surface area contributed by atoms with Crippen LogP contribution in [-0.2, 0) is 12.6 Å². The van der Waals surface area contributed by atoms with Gasteiger partial charge in [-0.3, -0.25) is 4.79 Å². The summed E-state index contributed by atoms with van der Waals surface area (Å²) in [5.74, 6) is -0.211. The van der Waals surface area contributed by atoms with Crippen molar-refractivity contribution in [1.29, 1.82) is 0 Å². The van der Waals surface area contributed by atoms with Gasteiger partial charge in [-0.1, -0.05) is 15.9 Å². The molecule has 0 spiro atoms. The number of alkyl halides is 3. The quantitative estimate of drug-likeness (QED) is 0.709. The van der Waals surface area contributed by atoms with Crippen molar-refractivity contribution in [2.75, 3.05) is 0 Å². The predicted molar refractivity (Wildman–Crippen MR) is 51.8 cm³/mol. The normalized spacial score (nSPS) is 15.6. The van der Waals surface area contributed by atoms with E-state index in [1.54, 1.807) is 0 Å². The van der Waals surface area contributed by atoms with E-state index in [0.717, 1.165) is 6.07 Å². The maximum atomic E-state index is 12.6. The van der Waals surface area contributed by atoms with Crippen molar-refractivity contribution in [3.63, 3.8) is 0 Å². The summed E-state index contributed by atoms with van der Waals surface area (Å²) in [4.78, 5) is 11.3. The van der Waals surface area contributed by atoms with Gasteiger partial charge in [-0.05, 0) is 24.1 Å². The van der Waals surface area contributed by atoms with Gasteiger partial charge in [0.25, 0.3) is 0 Å². The molecule has 2 rings (SSSR count). The highest BCUT2D eigenvalue weighted by molar-refractivity contribution is 9.10. The Hall–Kier alpha value is -0.840. The molecule has 0 N–H and O–H groups in total. The predicted octanol–water partition coefficient (Wildman–Crippen LogP) is 3.60. The molecule has 0 radical (unpaired) electrons. The van der Waals surface area contributed by atoms with Crippen molar-refractivity contribution in [2.24, 2.45) is 0 Å². The summed E-state index contributed by atoms with van der Waals surface area (Å²) in [6, 6.07) is 2.48. The van der Waals surface area contributed by atoms with Crippen molar-refractivity contribution in [1.82, 2.24) is 0 Å². The zero-order chi connectivity index (χ0) is 11.2. The number of Topliss-reactive ketones (excluding diaryl/α,β-unsaturated/α-hetero) is 1. The van der Waals surface area contributed by atoms with E-state index in [4.69, 9.17) is 0 Å². The molecule has 0 saturated heterocycles. The Bertz CT molecular complexity index is 437. The number of rotatable bonds is 0. The topological polar surface area (TPSA) is 17.1 Å². The van der Waals surface area contributed by atoms with Crippen molar-refractivity contribution in [2.45, 2.75) is 19.0 Å². The third-order valence-electron chi connectivity index (χ3n) is 2.42. The first-order valence-electron chi connectivity index (χ1n) is 4.32. The first kappa shape index (κ1) is 10.7. The highest BCUT2D eigenvalue weighted by Gasteiger charge is 2.37. The van der Waals surface area contributed by atoms with Crippen LogP contribution in [-0.4, -0.2) is 5.78 Å². The highest BCUT2D eigenvalue weighted by atomic mass is 79.9. The molecule has 1 nitrogen and oxygen atoms in total. The standard InChI is InChI=1S/C10H6BrF3O/c11-5-3-7-6(1-2-9(7)15)8(4-5)10(12,13)14/h3-4H,1-2H2. The Labute approximate surface area is 92.4 Å². The molecule has 1 aliphatic rings. The molecule has 0 fully saturated rings. The Balaban J connectivity index is 2.67. The van der Waals surface area contributed by atoms with Gasteiger partial charge in [-0.2, -0.15) is 13.2 Å². The third-order valence-corrected chi connectivity index (χ3v) is 2.88. The number of hydrogen-bond acceptors (Lipinski definition) is 1. The third kappa shape index (κ3) is 1.80. The minimum atomic E-state index is -4.39. The summed E-state index contributed by atoms with van der Waals surface area (Å²) in [6.07, 6.45) is -4.02. The van der Waals surface area contributed by atoms with Gasteiger partial charge in [0.15, 0.2) is 5.78 Å². The lowest BCUT2D eigenvalue weighted by Crippen LogP contribution is -2.09. The van der Waals surface area contributed by atoms with Gasteiger partial charge in [0.05, 0.1) is 5.56 Å². The molecule has 0 unspecified atom stereocenters. The maximum Gasteiger partial charge on any atom is 0.416 e. The Morgan fingerprint density at radius 3 is 2.47 bits per heavy atom. The van der Waals surface area contributed by atoms with Crippen LogP contribution >= 0.6 is 15.9 Å². The largest absolute Gasteiger partial charge is 0.416 e. The molecule has 0 aliphatic heterocycles. The van der Waals surface area contributed by atoms with Gasteiger partial charge in [0, 0.05) is 16.5 Å². The van der Waals surface area contributed by atoms with E-state index in [1.807, 2.05) is 0 Å². The van der Waals surface area contributed by atoms with Gasteiger partial charge in [-0.25, -0.2) is 0 Å². The Morgan fingerprint density at radius 1 is 1.20 bits per heavy atom. The van der Waals surface area contributed by atoms with Crippen LogP contribution in [0.5, 0.6) is 0 Å².